The standard InChI is InChI=1S/C12H14N4O/c1-8-2-4-9(5-3-8)6-16-7-10(13)11(15-16)12(14)17/h2-5,7H,6,13H2,1H3,(H2,14,17). The van der Waals surface area contributed by atoms with Crippen molar-refractivity contribution in [3.05, 3.63) is 47.3 Å². The number of aryl methyl sites for hydroxylation is 1. The molecule has 17 heavy (non-hydrogen) atoms. The first kappa shape index (κ1) is 11.2. The van der Waals surface area contributed by atoms with E-state index in [-0.39, 0.29) is 5.69 Å². The van der Waals surface area contributed by atoms with Crippen LogP contribution in [0.5, 0.6) is 0 Å². The number of carbonyl (C=O) groups excluding carboxylic acids is 1. The van der Waals surface area contributed by atoms with Gasteiger partial charge in [-0.05, 0) is 12.5 Å². The number of carbonyl (C=O) groups is 1. The van der Waals surface area contributed by atoms with Crippen molar-refractivity contribution < 1.29 is 4.79 Å². The van der Waals surface area contributed by atoms with Crippen molar-refractivity contribution in [1.29, 1.82) is 0 Å². The third-order valence-electron chi connectivity index (χ3n) is 2.49. The average Bonchev–Trinajstić information content (AvgIpc) is 2.63. The Morgan fingerprint density at radius 2 is 2.00 bits per heavy atom. The number of nitrogens with zero attached hydrogens (tertiary/aromatic N) is 2. The Morgan fingerprint density at radius 1 is 1.35 bits per heavy atom. The lowest BCUT2D eigenvalue weighted by molar-refractivity contribution is 0.0995. The molecule has 88 valence electrons. The number of hydrogen-bond donors (Lipinski definition) is 2. The van der Waals surface area contributed by atoms with Gasteiger partial charge in [-0.1, -0.05) is 29.8 Å². The summed E-state index contributed by atoms with van der Waals surface area (Å²) >= 11 is 0. The van der Waals surface area contributed by atoms with Crippen LogP contribution in [0.3, 0.4) is 0 Å². The van der Waals surface area contributed by atoms with Crippen molar-refractivity contribution in [2.24, 2.45) is 5.73 Å². The molecule has 2 aromatic rings. The van der Waals surface area contributed by atoms with Crippen molar-refractivity contribution in [3.8, 4) is 0 Å². The minimum atomic E-state index is -0.606. The fourth-order valence-corrected chi connectivity index (χ4v) is 1.59. The Balaban J connectivity index is 2.22. The molecule has 0 unspecified atom stereocenters. The van der Waals surface area contributed by atoms with Crippen LogP contribution in [0.4, 0.5) is 5.69 Å². The molecule has 5 heteroatoms. The van der Waals surface area contributed by atoms with Crippen LogP contribution in [0.15, 0.2) is 30.5 Å². The van der Waals surface area contributed by atoms with E-state index in [0.29, 0.717) is 12.2 Å². The number of hydrogen-bond acceptors (Lipinski definition) is 3. The molecule has 5 nitrogen and oxygen atoms in total. The van der Waals surface area contributed by atoms with Crippen LogP contribution < -0.4 is 11.5 Å². The van der Waals surface area contributed by atoms with Gasteiger partial charge in [-0.3, -0.25) is 9.48 Å². The smallest absolute Gasteiger partial charge is 0.271 e. The van der Waals surface area contributed by atoms with Crippen LogP contribution in [-0.4, -0.2) is 15.7 Å². The molecule has 0 fully saturated rings. The molecule has 1 aromatic carbocycles. The first-order valence-corrected chi connectivity index (χ1v) is 5.24. The van der Waals surface area contributed by atoms with Gasteiger partial charge < -0.3 is 11.5 Å². The van der Waals surface area contributed by atoms with Gasteiger partial charge in [-0.15, -0.1) is 0 Å². The molecule has 1 heterocycles. The first-order valence-electron chi connectivity index (χ1n) is 5.24. The maximum Gasteiger partial charge on any atom is 0.271 e. The maximum absolute atomic E-state index is 11.0. The van der Waals surface area contributed by atoms with E-state index in [4.69, 9.17) is 11.5 Å². The number of rotatable bonds is 3. The van der Waals surface area contributed by atoms with Crippen molar-refractivity contribution in [1.82, 2.24) is 9.78 Å². The summed E-state index contributed by atoms with van der Waals surface area (Å²) in [6, 6.07) is 8.07. The number of amides is 1. The molecule has 1 aromatic heterocycles. The maximum atomic E-state index is 11.0. The third kappa shape index (κ3) is 2.44. The summed E-state index contributed by atoms with van der Waals surface area (Å²) in [6.45, 7) is 2.60. The second-order valence-electron chi connectivity index (χ2n) is 3.98. The lowest BCUT2D eigenvalue weighted by Gasteiger charge is -2.01. The van der Waals surface area contributed by atoms with E-state index in [9.17, 15) is 4.79 Å². The Morgan fingerprint density at radius 3 is 2.53 bits per heavy atom. The molecule has 0 aliphatic rings. The predicted octanol–water partition coefficient (Wildman–Crippen LogP) is 0.921. The highest BCUT2D eigenvalue weighted by Crippen LogP contribution is 2.11. The molecule has 0 bridgehead atoms. The summed E-state index contributed by atoms with van der Waals surface area (Å²) < 4.78 is 1.61. The van der Waals surface area contributed by atoms with Crippen LogP contribution in [0, 0.1) is 6.92 Å². The molecule has 0 saturated heterocycles. The lowest BCUT2D eigenvalue weighted by Crippen LogP contribution is -2.14. The van der Waals surface area contributed by atoms with E-state index >= 15 is 0 Å². The van der Waals surface area contributed by atoms with Gasteiger partial charge in [0, 0.05) is 6.20 Å². The molecular weight excluding hydrogens is 216 g/mol. The average molecular weight is 230 g/mol. The quantitative estimate of drug-likeness (QED) is 0.822. The van der Waals surface area contributed by atoms with E-state index in [1.807, 2.05) is 31.2 Å². The second-order valence-corrected chi connectivity index (χ2v) is 3.98. The van der Waals surface area contributed by atoms with E-state index in [1.165, 1.54) is 5.56 Å². The monoisotopic (exact) mass is 230 g/mol. The van der Waals surface area contributed by atoms with Crippen LogP contribution in [-0.2, 0) is 6.54 Å². The molecule has 2 rings (SSSR count). The van der Waals surface area contributed by atoms with Gasteiger partial charge in [-0.2, -0.15) is 5.10 Å². The summed E-state index contributed by atoms with van der Waals surface area (Å²) in [7, 11) is 0. The highest BCUT2D eigenvalue weighted by molar-refractivity contribution is 5.95. The van der Waals surface area contributed by atoms with E-state index < -0.39 is 5.91 Å². The number of primary amides is 1. The Hall–Kier alpha value is -2.30. The zero-order chi connectivity index (χ0) is 12.4. The number of nitrogen functional groups attached to an aromatic ring is 1. The summed E-state index contributed by atoms with van der Waals surface area (Å²) in [5.74, 6) is -0.606. The number of benzene rings is 1. The van der Waals surface area contributed by atoms with Gasteiger partial charge in [0.05, 0.1) is 12.2 Å². The van der Waals surface area contributed by atoms with Crippen LogP contribution in [0.2, 0.25) is 0 Å². The fourth-order valence-electron chi connectivity index (χ4n) is 1.59. The van der Waals surface area contributed by atoms with Gasteiger partial charge in [0.15, 0.2) is 5.69 Å². The topological polar surface area (TPSA) is 86.9 Å². The lowest BCUT2D eigenvalue weighted by atomic mass is 10.1. The second kappa shape index (κ2) is 4.29. The summed E-state index contributed by atoms with van der Waals surface area (Å²) in [5, 5.41) is 4.04. The molecule has 0 aliphatic heterocycles. The number of nitrogens with two attached hydrogens (primary N) is 2. The largest absolute Gasteiger partial charge is 0.396 e. The van der Waals surface area contributed by atoms with Gasteiger partial charge in [0.25, 0.3) is 5.91 Å². The van der Waals surface area contributed by atoms with Crippen LogP contribution in [0.1, 0.15) is 21.6 Å². The Bertz CT molecular complexity index is 542. The molecule has 1 amide bonds. The van der Waals surface area contributed by atoms with Crippen molar-refractivity contribution >= 4 is 11.6 Å². The number of anilines is 1. The van der Waals surface area contributed by atoms with Crippen molar-refractivity contribution in [2.45, 2.75) is 13.5 Å². The highest BCUT2D eigenvalue weighted by Gasteiger charge is 2.11. The molecule has 0 spiro atoms. The van der Waals surface area contributed by atoms with E-state index in [2.05, 4.69) is 5.10 Å². The zero-order valence-electron chi connectivity index (χ0n) is 9.55. The minimum absolute atomic E-state index is 0.122. The Labute approximate surface area is 99.0 Å². The summed E-state index contributed by atoms with van der Waals surface area (Å²) in [5.41, 5.74) is 13.5. The van der Waals surface area contributed by atoms with Gasteiger partial charge >= 0.3 is 0 Å². The number of aromatic nitrogens is 2. The van der Waals surface area contributed by atoms with Crippen LogP contribution >= 0.6 is 0 Å². The zero-order valence-corrected chi connectivity index (χ0v) is 9.55. The molecule has 0 saturated carbocycles. The molecule has 0 atom stereocenters. The SMILES string of the molecule is Cc1ccc(Cn2cc(N)c(C(N)=O)n2)cc1. The minimum Gasteiger partial charge on any atom is -0.396 e. The third-order valence-corrected chi connectivity index (χ3v) is 2.49. The van der Waals surface area contributed by atoms with E-state index in [0.717, 1.165) is 5.56 Å². The Kier molecular flexibility index (Phi) is 2.82. The highest BCUT2D eigenvalue weighted by atomic mass is 16.1. The van der Waals surface area contributed by atoms with Gasteiger partial charge in [-0.25, -0.2) is 0 Å². The van der Waals surface area contributed by atoms with Crippen molar-refractivity contribution in [3.63, 3.8) is 0 Å². The fraction of sp³-hybridized carbons (Fsp3) is 0.167. The van der Waals surface area contributed by atoms with E-state index in [1.54, 1.807) is 10.9 Å². The predicted molar refractivity (Wildman–Crippen MR) is 65.4 cm³/mol. The summed E-state index contributed by atoms with van der Waals surface area (Å²) in [6.07, 6.45) is 1.61. The van der Waals surface area contributed by atoms with Gasteiger partial charge in [0.2, 0.25) is 0 Å². The summed E-state index contributed by atoms with van der Waals surface area (Å²) in [4.78, 5) is 11.0. The molecule has 0 radical (unpaired) electrons. The van der Waals surface area contributed by atoms with Crippen LogP contribution in [0.25, 0.3) is 0 Å². The van der Waals surface area contributed by atoms with Crippen molar-refractivity contribution in [2.75, 3.05) is 5.73 Å². The van der Waals surface area contributed by atoms with Gasteiger partial charge in [0.1, 0.15) is 0 Å². The molecule has 4 N–H and O–H groups in total. The normalized spacial score (nSPS) is 10.4. The molecular formula is C12H14N4O. The molecule has 0 aliphatic carbocycles. The first-order chi connectivity index (χ1) is 8.06.